The van der Waals surface area contributed by atoms with Crippen LogP contribution < -0.4 is 19.2 Å². The normalized spacial score (nSPS) is 17.2. The number of hydrogen-bond donors (Lipinski definition) is 1. The zero-order valence-electron chi connectivity index (χ0n) is 23.8. The van der Waals surface area contributed by atoms with Crippen LogP contribution in [-0.4, -0.2) is 59.4 Å². The van der Waals surface area contributed by atoms with Gasteiger partial charge in [0.25, 0.3) is 0 Å². The highest BCUT2D eigenvalue weighted by Crippen LogP contribution is 2.40. The molecule has 1 saturated carbocycles. The summed E-state index contributed by atoms with van der Waals surface area (Å²) >= 11 is 15.5. The molecule has 9 nitrogen and oxygen atoms in total. The summed E-state index contributed by atoms with van der Waals surface area (Å²) < 4.78 is 50.0. The number of carbonyl (C=O) groups is 2. The third-order valence-electron chi connectivity index (χ3n) is 7.05. The summed E-state index contributed by atoms with van der Waals surface area (Å²) in [5.41, 5.74) is 0.994. The summed E-state index contributed by atoms with van der Waals surface area (Å²) in [6.07, 6.45) is 4.25. The van der Waals surface area contributed by atoms with Gasteiger partial charge in [0, 0.05) is 29.2 Å². The van der Waals surface area contributed by atoms with Crippen molar-refractivity contribution in [3.8, 4) is 17.2 Å². The number of benzene rings is 2. The molecule has 1 saturated heterocycles. The van der Waals surface area contributed by atoms with Crippen molar-refractivity contribution in [2.45, 2.75) is 42.2 Å². The van der Waals surface area contributed by atoms with E-state index in [1.165, 1.54) is 55.1 Å². The number of pyridine rings is 1. The van der Waals surface area contributed by atoms with Crippen LogP contribution in [0.15, 0.2) is 53.7 Å². The average molecular weight is 703 g/mol. The maximum atomic E-state index is 13.7. The molecule has 0 radical (unpaired) electrons. The number of methoxy groups -OCH3 is 1. The van der Waals surface area contributed by atoms with Crippen molar-refractivity contribution in [3.05, 3.63) is 75.5 Å². The maximum absolute atomic E-state index is 13.7. The summed E-state index contributed by atoms with van der Waals surface area (Å²) in [6.45, 7) is -2.18. The van der Waals surface area contributed by atoms with E-state index in [2.05, 4.69) is 4.98 Å². The van der Waals surface area contributed by atoms with Crippen LogP contribution in [0.5, 0.6) is 17.2 Å². The van der Waals surface area contributed by atoms with E-state index in [1.54, 1.807) is 24.5 Å². The first-order chi connectivity index (χ1) is 21.6. The van der Waals surface area contributed by atoms with Crippen LogP contribution >= 0.6 is 46.9 Å². The van der Waals surface area contributed by atoms with E-state index in [0.29, 0.717) is 50.9 Å². The summed E-state index contributed by atoms with van der Waals surface area (Å²) in [7, 11) is 1.39. The lowest BCUT2D eigenvalue weighted by Crippen LogP contribution is -2.32. The molecular weight excluding hydrogens is 673 g/mol. The van der Waals surface area contributed by atoms with Gasteiger partial charge in [-0.2, -0.15) is 8.78 Å². The lowest BCUT2D eigenvalue weighted by atomic mass is 10.0. The number of esters is 1. The van der Waals surface area contributed by atoms with E-state index in [4.69, 9.17) is 42.1 Å². The summed E-state index contributed by atoms with van der Waals surface area (Å²) in [6, 6.07) is 9.20. The molecule has 15 heteroatoms. The van der Waals surface area contributed by atoms with Crippen molar-refractivity contribution in [2.24, 2.45) is 5.92 Å². The number of alkyl halides is 2. The van der Waals surface area contributed by atoms with Gasteiger partial charge in [-0.05, 0) is 66.6 Å². The fourth-order valence-electron chi connectivity index (χ4n) is 4.59. The van der Waals surface area contributed by atoms with Gasteiger partial charge in [-0.1, -0.05) is 29.3 Å². The van der Waals surface area contributed by atoms with Gasteiger partial charge < -0.3 is 24.1 Å². The van der Waals surface area contributed by atoms with Gasteiger partial charge in [0.2, 0.25) is 0 Å². The first kappa shape index (κ1) is 33.4. The number of rotatable bonds is 14. The molecule has 240 valence electrons. The molecular formula is C30H29Cl2F2N2O7S2+. The quantitative estimate of drug-likeness (QED) is 0.142. The molecule has 5 rings (SSSR count). The number of aromatic amines is 1. The van der Waals surface area contributed by atoms with Crippen LogP contribution in [0.2, 0.25) is 10.0 Å². The Morgan fingerprint density at radius 2 is 1.84 bits per heavy atom. The molecule has 2 fully saturated rings. The number of aromatic nitrogens is 1. The van der Waals surface area contributed by atoms with Gasteiger partial charge in [0.15, 0.2) is 29.3 Å². The monoisotopic (exact) mass is 701 g/mol. The summed E-state index contributed by atoms with van der Waals surface area (Å²) in [5.74, 6) is -0.498. The molecule has 2 heterocycles. The van der Waals surface area contributed by atoms with Crippen molar-refractivity contribution in [1.29, 1.82) is 0 Å². The minimum atomic E-state index is -3.05. The molecule has 1 aromatic heterocycles. The van der Waals surface area contributed by atoms with Crippen molar-refractivity contribution >= 4 is 58.9 Å². The largest absolute Gasteiger partial charge is 0.496 e. The minimum absolute atomic E-state index is 0.00128. The topological polar surface area (TPSA) is 109 Å². The SMILES string of the molecule is COc1ccc(SN2CCSC2C(=O)O[C@@H](Cc2c(Cl)c[nH+]cc2Cl)c2ccc(OC(F)F)c(OCC3CC3)c2)cc1C(=O)O. The van der Waals surface area contributed by atoms with E-state index < -0.39 is 30.0 Å². The predicted octanol–water partition coefficient (Wildman–Crippen LogP) is 6.81. The van der Waals surface area contributed by atoms with Crippen molar-refractivity contribution in [2.75, 3.05) is 26.0 Å². The number of hydrogen-bond acceptors (Lipinski definition) is 9. The first-order valence-corrected chi connectivity index (χ1v) is 16.4. The van der Waals surface area contributed by atoms with E-state index in [9.17, 15) is 23.5 Å². The highest BCUT2D eigenvalue weighted by Gasteiger charge is 2.36. The van der Waals surface area contributed by atoms with E-state index >= 15 is 0 Å². The van der Waals surface area contributed by atoms with Gasteiger partial charge in [0.05, 0.1) is 13.7 Å². The van der Waals surface area contributed by atoms with Crippen LogP contribution in [0.3, 0.4) is 0 Å². The van der Waals surface area contributed by atoms with Crippen LogP contribution in [0.4, 0.5) is 8.78 Å². The molecule has 2 N–H and O–H groups in total. The van der Waals surface area contributed by atoms with Crippen LogP contribution in [0.25, 0.3) is 0 Å². The van der Waals surface area contributed by atoms with Crippen LogP contribution in [0.1, 0.15) is 40.4 Å². The lowest BCUT2D eigenvalue weighted by Gasteiger charge is -2.25. The smallest absolute Gasteiger partial charge is 0.387 e. The number of halogens is 4. The maximum Gasteiger partial charge on any atom is 0.387 e. The molecule has 3 aromatic rings. The Morgan fingerprint density at radius 1 is 1.11 bits per heavy atom. The van der Waals surface area contributed by atoms with Gasteiger partial charge in [-0.25, -0.2) is 18.9 Å². The third kappa shape index (κ3) is 8.64. The van der Waals surface area contributed by atoms with Crippen molar-refractivity contribution in [1.82, 2.24) is 4.31 Å². The molecule has 2 atom stereocenters. The Labute approximate surface area is 276 Å². The molecule has 0 bridgehead atoms. The first-order valence-electron chi connectivity index (χ1n) is 13.9. The molecule has 2 aromatic carbocycles. The second-order valence-electron chi connectivity index (χ2n) is 10.2. The third-order valence-corrected chi connectivity index (χ3v) is 10.1. The lowest BCUT2D eigenvalue weighted by molar-refractivity contribution is -0.377. The van der Waals surface area contributed by atoms with Crippen molar-refractivity contribution < 1.29 is 47.4 Å². The average Bonchev–Trinajstić information content (AvgIpc) is 3.73. The van der Waals surface area contributed by atoms with Gasteiger partial charge >= 0.3 is 18.6 Å². The van der Waals surface area contributed by atoms with E-state index in [-0.39, 0.29) is 29.2 Å². The molecule has 2 aliphatic rings. The minimum Gasteiger partial charge on any atom is -0.496 e. The number of aromatic carboxylic acids is 1. The van der Waals surface area contributed by atoms with E-state index in [0.717, 1.165) is 12.8 Å². The van der Waals surface area contributed by atoms with Gasteiger partial charge in [0.1, 0.15) is 27.5 Å². The Balaban J connectivity index is 1.41. The Bertz CT molecular complexity index is 1530. The number of thioether (sulfide) groups is 1. The Morgan fingerprint density at radius 3 is 2.51 bits per heavy atom. The molecule has 1 aliphatic heterocycles. The Kier molecular flexibility index (Phi) is 11.2. The zero-order chi connectivity index (χ0) is 32.1. The summed E-state index contributed by atoms with van der Waals surface area (Å²) in [5, 5.41) is 9.50. The highest BCUT2D eigenvalue weighted by molar-refractivity contribution is 8.03. The molecule has 1 aliphatic carbocycles. The standard InChI is InChI=1S/C30H28Cl2F2N2O7S2/c1-40-23-7-5-18(11-20(23)28(37)38)45-36-8-9-44-27(36)29(39)42-25(12-19-21(31)13-35-14-22(19)32)17-4-6-24(43-30(33)34)26(10-17)41-15-16-2-3-16/h4-7,10-11,13-14,16,25,27,30H,2-3,8-9,12,15H2,1H3,(H,37,38)/p+1/t25-,27?/m0/s1. The number of carbonyl (C=O) groups excluding carboxylic acids is 1. The number of carboxylic acid groups (broad SMARTS) is 1. The van der Waals surface area contributed by atoms with Crippen molar-refractivity contribution in [3.63, 3.8) is 0 Å². The number of ether oxygens (including phenoxy) is 4. The number of H-pyrrole nitrogens is 1. The molecule has 0 amide bonds. The number of nitrogens with zero attached hydrogens (tertiary/aromatic N) is 1. The fraction of sp³-hybridized carbons (Fsp3) is 0.367. The zero-order valence-corrected chi connectivity index (χ0v) is 27.0. The molecule has 0 spiro atoms. The van der Waals surface area contributed by atoms with E-state index in [1.807, 2.05) is 4.31 Å². The summed E-state index contributed by atoms with van der Waals surface area (Å²) in [4.78, 5) is 28.9. The second-order valence-corrected chi connectivity index (χ2v) is 13.3. The van der Waals surface area contributed by atoms with Gasteiger partial charge in [-0.15, -0.1) is 11.8 Å². The van der Waals surface area contributed by atoms with Gasteiger partial charge in [-0.3, -0.25) is 0 Å². The van der Waals surface area contributed by atoms with Crippen LogP contribution in [0, 0.1) is 5.92 Å². The molecule has 1 unspecified atom stereocenters. The second kappa shape index (κ2) is 15.1. The Hall–Kier alpha value is -2.97. The number of nitrogens with one attached hydrogen (secondary N) is 1. The van der Waals surface area contributed by atoms with Crippen LogP contribution in [-0.2, 0) is 16.0 Å². The predicted molar refractivity (Wildman–Crippen MR) is 166 cm³/mol. The fourth-order valence-corrected chi connectivity index (χ4v) is 7.47. The highest BCUT2D eigenvalue weighted by atomic mass is 35.5. The number of carboxylic acids is 1. The molecule has 45 heavy (non-hydrogen) atoms.